The number of fused-ring (bicyclic) bond motifs is 1. The summed E-state index contributed by atoms with van der Waals surface area (Å²) < 4.78 is 35.7. The van der Waals surface area contributed by atoms with E-state index >= 15 is 0 Å². The predicted octanol–water partition coefficient (Wildman–Crippen LogP) is 4.56. The van der Waals surface area contributed by atoms with Crippen molar-refractivity contribution in [2.75, 3.05) is 0 Å². The van der Waals surface area contributed by atoms with Gasteiger partial charge in [-0.3, -0.25) is 14.6 Å². The molecule has 0 spiro atoms. The standard InChI is InChI=1S/C23H17ClF2N2O4/c1-12-2-4-14(28-20(12)15-6-9-27-21(30)19(15)24)11-18(29)22(7-8-22)13-3-5-16-17(10-13)32-23(25,26)31-16/h2-6,9-10H,7-8,11H2,1H3,(H,27,30). The maximum absolute atomic E-state index is 13.3. The number of Topliss-reactive ketones (excluding diaryl/α,β-unsaturated/α-hetero) is 1. The molecule has 164 valence electrons. The van der Waals surface area contributed by atoms with Crippen LogP contribution in [0.25, 0.3) is 11.3 Å². The summed E-state index contributed by atoms with van der Waals surface area (Å²) in [5.74, 6) is -0.199. The van der Waals surface area contributed by atoms with Crippen molar-refractivity contribution in [2.24, 2.45) is 0 Å². The number of alkyl halides is 2. The summed E-state index contributed by atoms with van der Waals surface area (Å²) in [6.45, 7) is 1.84. The molecule has 3 heterocycles. The Morgan fingerprint density at radius 1 is 1.16 bits per heavy atom. The number of H-pyrrole nitrogens is 1. The van der Waals surface area contributed by atoms with Crippen LogP contribution < -0.4 is 15.0 Å². The van der Waals surface area contributed by atoms with Gasteiger partial charge in [-0.1, -0.05) is 23.7 Å². The highest BCUT2D eigenvalue weighted by Gasteiger charge is 2.52. The number of carbonyl (C=O) groups excluding carboxylic acids is 1. The minimum atomic E-state index is -3.70. The molecule has 0 saturated heterocycles. The Morgan fingerprint density at radius 2 is 1.91 bits per heavy atom. The van der Waals surface area contributed by atoms with Crippen LogP contribution in [0.2, 0.25) is 5.02 Å². The van der Waals surface area contributed by atoms with Crippen molar-refractivity contribution in [1.82, 2.24) is 9.97 Å². The molecule has 2 aliphatic rings. The summed E-state index contributed by atoms with van der Waals surface area (Å²) in [5, 5.41) is 0.0300. The molecule has 1 aliphatic carbocycles. The van der Waals surface area contributed by atoms with Gasteiger partial charge in [0, 0.05) is 23.9 Å². The van der Waals surface area contributed by atoms with Gasteiger partial charge in [-0.05, 0) is 55.2 Å². The Morgan fingerprint density at radius 3 is 2.66 bits per heavy atom. The SMILES string of the molecule is Cc1ccc(CC(=O)C2(c3ccc4c(c3)OC(F)(F)O4)CC2)nc1-c1cc[nH]c(=O)c1Cl. The summed E-state index contributed by atoms with van der Waals surface area (Å²) in [7, 11) is 0. The second-order valence-electron chi connectivity index (χ2n) is 8.01. The van der Waals surface area contributed by atoms with Gasteiger partial charge in [0.2, 0.25) is 0 Å². The van der Waals surface area contributed by atoms with E-state index in [0.717, 1.165) is 5.56 Å². The third-order valence-corrected chi connectivity index (χ3v) is 6.26. The average Bonchev–Trinajstić information content (AvgIpc) is 3.49. The fourth-order valence-corrected chi connectivity index (χ4v) is 4.22. The van der Waals surface area contributed by atoms with E-state index in [2.05, 4.69) is 19.4 Å². The molecule has 0 atom stereocenters. The number of halogens is 3. The first-order valence-corrected chi connectivity index (χ1v) is 10.3. The van der Waals surface area contributed by atoms with E-state index in [1.807, 2.05) is 13.0 Å². The molecule has 3 aromatic rings. The van der Waals surface area contributed by atoms with Crippen molar-refractivity contribution in [2.45, 2.75) is 37.9 Å². The fourth-order valence-electron chi connectivity index (χ4n) is 4.02. The summed E-state index contributed by atoms with van der Waals surface area (Å²) in [5.41, 5.74) is 1.80. The van der Waals surface area contributed by atoms with Gasteiger partial charge in [-0.25, -0.2) is 0 Å². The number of aryl methyl sites for hydroxylation is 1. The zero-order valence-corrected chi connectivity index (χ0v) is 17.6. The van der Waals surface area contributed by atoms with Crippen LogP contribution in [-0.4, -0.2) is 22.0 Å². The number of rotatable bonds is 5. The molecule has 0 amide bonds. The van der Waals surface area contributed by atoms with Gasteiger partial charge < -0.3 is 14.5 Å². The van der Waals surface area contributed by atoms with E-state index in [0.29, 0.717) is 35.4 Å². The summed E-state index contributed by atoms with van der Waals surface area (Å²) in [4.78, 5) is 32.2. The quantitative estimate of drug-likeness (QED) is 0.606. The molecule has 1 N–H and O–H groups in total. The molecule has 6 nitrogen and oxygen atoms in total. The average molecular weight is 459 g/mol. The normalized spacial score (nSPS) is 17.2. The monoisotopic (exact) mass is 458 g/mol. The van der Waals surface area contributed by atoms with Crippen LogP contribution in [0, 0.1) is 6.92 Å². The number of hydrogen-bond donors (Lipinski definition) is 1. The molecule has 1 saturated carbocycles. The molecule has 0 radical (unpaired) electrons. The number of hydrogen-bond acceptors (Lipinski definition) is 5. The maximum atomic E-state index is 13.3. The van der Waals surface area contributed by atoms with Crippen molar-refractivity contribution >= 4 is 17.4 Å². The van der Waals surface area contributed by atoms with Gasteiger partial charge in [0.25, 0.3) is 5.56 Å². The zero-order chi connectivity index (χ0) is 22.7. The lowest BCUT2D eigenvalue weighted by molar-refractivity contribution is -0.286. The number of pyridine rings is 2. The van der Waals surface area contributed by atoms with E-state index in [4.69, 9.17) is 11.6 Å². The lowest BCUT2D eigenvalue weighted by Crippen LogP contribution is -2.26. The van der Waals surface area contributed by atoms with Crippen LogP contribution in [0.15, 0.2) is 47.4 Å². The Labute approximate surface area is 186 Å². The van der Waals surface area contributed by atoms with E-state index in [-0.39, 0.29) is 28.7 Å². The van der Waals surface area contributed by atoms with Crippen LogP contribution in [0.3, 0.4) is 0 Å². The third-order valence-electron chi connectivity index (χ3n) is 5.89. The van der Waals surface area contributed by atoms with Gasteiger partial charge >= 0.3 is 6.29 Å². The molecule has 1 aromatic carbocycles. The molecular weight excluding hydrogens is 442 g/mol. The summed E-state index contributed by atoms with van der Waals surface area (Å²) in [6.07, 6.45) is -0.936. The van der Waals surface area contributed by atoms with Crippen LogP contribution in [-0.2, 0) is 16.6 Å². The molecule has 1 fully saturated rings. The highest BCUT2D eigenvalue weighted by Crippen LogP contribution is 2.52. The summed E-state index contributed by atoms with van der Waals surface area (Å²) >= 11 is 6.16. The van der Waals surface area contributed by atoms with Crippen molar-refractivity contribution in [1.29, 1.82) is 0 Å². The number of benzene rings is 1. The van der Waals surface area contributed by atoms with E-state index < -0.39 is 17.3 Å². The first-order chi connectivity index (χ1) is 15.2. The van der Waals surface area contributed by atoms with Crippen molar-refractivity contribution in [3.8, 4) is 22.8 Å². The lowest BCUT2D eigenvalue weighted by Gasteiger charge is -2.16. The van der Waals surface area contributed by atoms with Crippen molar-refractivity contribution in [3.63, 3.8) is 0 Å². The number of ketones is 1. The molecule has 32 heavy (non-hydrogen) atoms. The number of carbonyl (C=O) groups is 1. The molecule has 0 bridgehead atoms. The van der Waals surface area contributed by atoms with Gasteiger partial charge in [-0.2, -0.15) is 0 Å². The topological polar surface area (TPSA) is 81.3 Å². The minimum Gasteiger partial charge on any atom is -0.395 e. The fraction of sp³-hybridized carbons (Fsp3) is 0.261. The molecular formula is C23H17ClF2N2O4. The van der Waals surface area contributed by atoms with Crippen molar-refractivity contribution in [3.05, 3.63) is 74.8 Å². The number of aromatic amines is 1. The van der Waals surface area contributed by atoms with Gasteiger partial charge in [-0.15, -0.1) is 8.78 Å². The first-order valence-electron chi connectivity index (χ1n) is 9.96. The largest absolute Gasteiger partial charge is 0.586 e. The molecule has 9 heteroatoms. The van der Waals surface area contributed by atoms with E-state index in [1.54, 1.807) is 18.2 Å². The van der Waals surface area contributed by atoms with E-state index in [9.17, 15) is 18.4 Å². The second-order valence-corrected chi connectivity index (χ2v) is 8.39. The Balaban J connectivity index is 1.43. The van der Waals surface area contributed by atoms with Gasteiger partial charge in [0.15, 0.2) is 11.5 Å². The van der Waals surface area contributed by atoms with Crippen molar-refractivity contribution < 1.29 is 23.0 Å². The van der Waals surface area contributed by atoms with Crippen LogP contribution >= 0.6 is 11.6 Å². The molecule has 2 aromatic heterocycles. The Bertz CT molecular complexity index is 1320. The van der Waals surface area contributed by atoms with Crippen LogP contribution in [0.5, 0.6) is 11.5 Å². The number of ether oxygens (including phenoxy) is 2. The first kappa shape index (κ1) is 20.6. The van der Waals surface area contributed by atoms with Crippen LogP contribution in [0.1, 0.15) is 29.7 Å². The molecule has 0 unspecified atom stereocenters. The van der Waals surface area contributed by atoms with Crippen LogP contribution in [0.4, 0.5) is 8.78 Å². The lowest BCUT2D eigenvalue weighted by atomic mass is 9.88. The number of nitrogens with one attached hydrogen (secondary N) is 1. The zero-order valence-electron chi connectivity index (χ0n) is 16.9. The highest BCUT2D eigenvalue weighted by atomic mass is 35.5. The van der Waals surface area contributed by atoms with Gasteiger partial charge in [0.1, 0.15) is 10.8 Å². The second kappa shape index (κ2) is 7.13. The third kappa shape index (κ3) is 3.44. The number of aromatic nitrogens is 2. The maximum Gasteiger partial charge on any atom is 0.586 e. The Kier molecular flexibility index (Phi) is 4.60. The van der Waals surface area contributed by atoms with Gasteiger partial charge in [0.05, 0.1) is 11.1 Å². The number of nitrogens with zero attached hydrogens (tertiary/aromatic N) is 1. The minimum absolute atomic E-state index is 0.0300. The smallest absolute Gasteiger partial charge is 0.395 e. The Hall–Kier alpha value is -3.26. The predicted molar refractivity (Wildman–Crippen MR) is 112 cm³/mol. The molecule has 5 rings (SSSR count). The molecule has 1 aliphatic heterocycles. The van der Waals surface area contributed by atoms with E-state index in [1.165, 1.54) is 18.3 Å². The summed E-state index contributed by atoms with van der Waals surface area (Å²) in [6, 6.07) is 9.72. The highest BCUT2D eigenvalue weighted by molar-refractivity contribution is 6.33.